The van der Waals surface area contributed by atoms with Crippen LogP contribution in [-0.2, 0) is 6.54 Å². The van der Waals surface area contributed by atoms with E-state index in [0.717, 1.165) is 36.5 Å². The van der Waals surface area contributed by atoms with Crippen LogP contribution in [0.3, 0.4) is 0 Å². The number of hydrogen-bond donors (Lipinski definition) is 1. The van der Waals surface area contributed by atoms with Crippen molar-refractivity contribution < 1.29 is 0 Å². The van der Waals surface area contributed by atoms with Crippen LogP contribution in [0.5, 0.6) is 0 Å². The predicted octanol–water partition coefficient (Wildman–Crippen LogP) is 2.38. The Hall–Kier alpha value is -1.15. The zero-order valence-corrected chi connectivity index (χ0v) is 9.47. The lowest BCUT2D eigenvalue weighted by Crippen LogP contribution is -2.25. The van der Waals surface area contributed by atoms with Gasteiger partial charge in [0.1, 0.15) is 0 Å². The number of hydrogen-bond acceptors (Lipinski definition) is 2. The van der Waals surface area contributed by atoms with Crippen molar-refractivity contribution in [1.29, 1.82) is 0 Å². The van der Waals surface area contributed by atoms with E-state index in [4.69, 9.17) is 0 Å². The van der Waals surface area contributed by atoms with Gasteiger partial charge >= 0.3 is 0 Å². The fraction of sp³-hybridized carbons (Fsp3) is 0.500. The topological polar surface area (TPSA) is 24.9 Å². The summed E-state index contributed by atoms with van der Waals surface area (Å²) in [6.07, 6.45) is 9.46. The molecule has 1 aromatic heterocycles. The summed E-state index contributed by atoms with van der Waals surface area (Å²) in [5, 5.41) is 3.53. The molecule has 1 saturated carbocycles. The maximum atomic E-state index is 4.31. The second-order valence-electron chi connectivity index (χ2n) is 4.99. The van der Waals surface area contributed by atoms with Crippen LogP contribution in [-0.4, -0.2) is 11.5 Å². The smallest absolute Gasteiger partial charge is 0.0541 e. The van der Waals surface area contributed by atoms with E-state index >= 15 is 0 Å². The highest BCUT2D eigenvalue weighted by atomic mass is 14.9. The molecule has 3 rings (SSSR count). The van der Waals surface area contributed by atoms with Crippen molar-refractivity contribution in [2.45, 2.75) is 19.4 Å². The van der Waals surface area contributed by atoms with Gasteiger partial charge in [-0.1, -0.05) is 18.2 Å². The lowest BCUT2D eigenvalue weighted by Gasteiger charge is -2.18. The molecule has 1 fully saturated rings. The van der Waals surface area contributed by atoms with Crippen molar-refractivity contribution in [2.24, 2.45) is 17.8 Å². The van der Waals surface area contributed by atoms with Crippen LogP contribution < -0.4 is 5.32 Å². The molecule has 0 aromatic carbocycles. The van der Waals surface area contributed by atoms with Gasteiger partial charge in [-0.05, 0) is 49.3 Å². The maximum absolute atomic E-state index is 4.31. The molecule has 1 aromatic rings. The summed E-state index contributed by atoms with van der Waals surface area (Å²) in [6.45, 7) is 2.04. The molecule has 2 nitrogen and oxygen atoms in total. The Kier molecular flexibility index (Phi) is 2.75. The quantitative estimate of drug-likeness (QED) is 0.778. The average molecular weight is 214 g/mol. The van der Waals surface area contributed by atoms with Gasteiger partial charge in [-0.3, -0.25) is 4.98 Å². The molecule has 1 N–H and O–H groups in total. The van der Waals surface area contributed by atoms with Gasteiger partial charge in [0.2, 0.25) is 0 Å². The molecule has 0 amide bonds. The van der Waals surface area contributed by atoms with Crippen LogP contribution in [0, 0.1) is 17.8 Å². The Balaban J connectivity index is 1.46. The molecular weight excluding hydrogens is 196 g/mol. The first-order valence-electron chi connectivity index (χ1n) is 6.21. The Morgan fingerprint density at radius 2 is 2.25 bits per heavy atom. The van der Waals surface area contributed by atoms with Gasteiger partial charge < -0.3 is 5.32 Å². The Labute approximate surface area is 96.8 Å². The van der Waals surface area contributed by atoms with E-state index in [0.29, 0.717) is 0 Å². The van der Waals surface area contributed by atoms with Crippen LogP contribution in [0.1, 0.15) is 18.5 Å². The van der Waals surface area contributed by atoms with Crippen molar-refractivity contribution in [1.82, 2.24) is 10.3 Å². The van der Waals surface area contributed by atoms with Crippen LogP contribution in [0.25, 0.3) is 0 Å². The third-order valence-corrected chi connectivity index (χ3v) is 3.86. The van der Waals surface area contributed by atoms with Gasteiger partial charge in [-0.25, -0.2) is 0 Å². The zero-order valence-electron chi connectivity index (χ0n) is 9.47. The lowest BCUT2D eigenvalue weighted by molar-refractivity contribution is 0.413. The van der Waals surface area contributed by atoms with E-state index in [9.17, 15) is 0 Å². The Morgan fingerprint density at radius 1 is 1.25 bits per heavy atom. The van der Waals surface area contributed by atoms with Crippen molar-refractivity contribution in [3.05, 3.63) is 42.2 Å². The fourth-order valence-electron chi connectivity index (χ4n) is 3.02. The number of allylic oxidation sites excluding steroid dienone is 2. The van der Waals surface area contributed by atoms with E-state index < -0.39 is 0 Å². The second-order valence-corrected chi connectivity index (χ2v) is 4.99. The van der Waals surface area contributed by atoms with Gasteiger partial charge in [0.05, 0.1) is 5.69 Å². The molecular formula is C14H18N2. The monoisotopic (exact) mass is 214 g/mol. The third kappa shape index (κ3) is 2.03. The zero-order chi connectivity index (χ0) is 10.8. The van der Waals surface area contributed by atoms with E-state index in [1.165, 1.54) is 12.8 Å². The molecule has 0 aliphatic heterocycles. The molecule has 0 radical (unpaired) electrons. The molecule has 0 spiro atoms. The van der Waals surface area contributed by atoms with Crippen molar-refractivity contribution >= 4 is 0 Å². The normalized spacial score (nSPS) is 31.1. The molecule has 1 heterocycles. The summed E-state index contributed by atoms with van der Waals surface area (Å²) in [4.78, 5) is 4.31. The number of nitrogens with zero attached hydrogens (tertiary/aromatic N) is 1. The lowest BCUT2D eigenvalue weighted by atomic mass is 9.94. The molecule has 3 atom stereocenters. The largest absolute Gasteiger partial charge is 0.311 e. The fourth-order valence-corrected chi connectivity index (χ4v) is 3.02. The molecule has 16 heavy (non-hydrogen) atoms. The minimum absolute atomic E-state index is 0.848. The summed E-state index contributed by atoms with van der Waals surface area (Å²) >= 11 is 0. The minimum Gasteiger partial charge on any atom is -0.311 e. The summed E-state index contributed by atoms with van der Waals surface area (Å²) in [7, 11) is 0. The van der Waals surface area contributed by atoms with Crippen LogP contribution in [0.15, 0.2) is 36.5 Å². The first-order chi connectivity index (χ1) is 7.92. The number of rotatable bonds is 4. The molecule has 2 heteroatoms. The number of pyridine rings is 1. The summed E-state index contributed by atoms with van der Waals surface area (Å²) in [6, 6.07) is 6.09. The highest BCUT2D eigenvalue weighted by Gasteiger charge is 2.34. The molecule has 0 saturated heterocycles. The van der Waals surface area contributed by atoms with Gasteiger partial charge in [0.25, 0.3) is 0 Å². The van der Waals surface area contributed by atoms with E-state index in [1.54, 1.807) is 0 Å². The Morgan fingerprint density at radius 3 is 2.94 bits per heavy atom. The first-order valence-corrected chi connectivity index (χ1v) is 6.21. The van der Waals surface area contributed by atoms with Gasteiger partial charge in [0, 0.05) is 12.7 Å². The molecule has 84 valence electrons. The third-order valence-electron chi connectivity index (χ3n) is 3.86. The number of nitrogens with one attached hydrogen (secondary N) is 1. The van der Waals surface area contributed by atoms with Crippen molar-refractivity contribution in [3.63, 3.8) is 0 Å². The van der Waals surface area contributed by atoms with Gasteiger partial charge in [0.15, 0.2) is 0 Å². The van der Waals surface area contributed by atoms with E-state index in [-0.39, 0.29) is 0 Å². The van der Waals surface area contributed by atoms with E-state index in [1.807, 2.05) is 18.3 Å². The van der Waals surface area contributed by atoms with Crippen LogP contribution in [0.4, 0.5) is 0 Å². The number of aromatic nitrogens is 1. The molecule has 2 aliphatic rings. The summed E-state index contributed by atoms with van der Waals surface area (Å²) in [5.41, 5.74) is 1.14. The molecule has 2 bridgehead atoms. The molecule has 2 aliphatic carbocycles. The summed E-state index contributed by atoms with van der Waals surface area (Å²) in [5.74, 6) is 2.59. The average Bonchev–Trinajstić information content (AvgIpc) is 2.92. The highest BCUT2D eigenvalue weighted by Crippen LogP contribution is 2.42. The molecule has 3 unspecified atom stereocenters. The maximum Gasteiger partial charge on any atom is 0.0541 e. The van der Waals surface area contributed by atoms with Crippen molar-refractivity contribution in [3.8, 4) is 0 Å². The van der Waals surface area contributed by atoms with Crippen LogP contribution >= 0.6 is 0 Å². The SMILES string of the molecule is C1=CC2CC1CC2CNCc1ccccn1. The number of fused-ring (bicyclic) bond motifs is 2. The summed E-state index contributed by atoms with van der Waals surface area (Å²) < 4.78 is 0. The predicted molar refractivity (Wildman–Crippen MR) is 64.8 cm³/mol. The Bertz CT molecular complexity index is 372. The second kappa shape index (κ2) is 4.38. The first kappa shape index (κ1) is 10.0. The van der Waals surface area contributed by atoms with Gasteiger partial charge in [-0.2, -0.15) is 0 Å². The highest BCUT2D eigenvalue weighted by molar-refractivity contribution is 5.10. The standard InChI is InChI=1S/C14H18N2/c1-2-6-16-14(3-1)10-15-9-13-8-11-4-5-12(13)7-11/h1-6,11-13,15H,7-10H2. The minimum atomic E-state index is 0.848. The van der Waals surface area contributed by atoms with E-state index in [2.05, 4.69) is 28.5 Å². The van der Waals surface area contributed by atoms with Crippen LogP contribution in [0.2, 0.25) is 0 Å². The van der Waals surface area contributed by atoms with Gasteiger partial charge in [-0.15, -0.1) is 0 Å². The van der Waals surface area contributed by atoms with Crippen molar-refractivity contribution in [2.75, 3.05) is 6.54 Å².